The maximum absolute atomic E-state index is 12.9. The van der Waals surface area contributed by atoms with Crippen LogP contribution in [0.2, 0.25) is 0 Å². The average Bonchev–Trinajstić information content (AvgIpc) is 2.95. The maximum Gasteiger partial charge on any atom is 0.275 e. The van der Waals surface area contributed by atoms with Gasteiger partial charge in [-0.05, 0) is 37.1 Å². The van der Waals surface area contributed by atoms with Crippen LogP contribution in [0.4, 0.5) is 4.39 Å². The summed E-state index contributed by atoms with van der Waals surface area (Å²) >= 11 is 0. The number of aliphatic hydroxyl groups is 1. The second kappa shape index (κ2) is 6.78. The molecule has 1 amide bonds. The van der Waals surface area contributed by atoms with Crippen molar-refractivity contribution < 1.29 is 19.4 Å². The smallest absolute Gasteiger partial charge is 0.275 e. The van der Waals surface area contributed by atoms with E-state index in [-0.39, 0.29) is 23.8 Å². The topological polar surface area (TPSA) is 87.4 Å². The van der Waals surface area contributed by atoms with Crippen LogP contribution in [0.25, 0.3) is 5.69 Å². The Hall–Kier alpha value is -2.41. The van der Waals surface area contributed by atoms with Crippen LogP contribution >= 0.6 is 0 Å². The fourth-order valence-corrected chi connectivity index (χ4v) is 2.08. The van der Waals surface area contributed by atoms with Crippen molar-refractivity contribution in [3.05, 3.63) is 42.0 Å². The largest absolute Gasteiger partial charge is 0.504 e. The first-order chi connectivity index (χ1) is 10.9. The lowest BCUT2D eigenvalue weighted by Gasteiger charge is -2.25. The minimum atomic E-state index is -0.981. The van der Waals surface area contributed by atoms with Crippen molar-refractivity contribution in [2.45, 2.75) is 32.3 Å². The van der Waals surface area contributed by atoms with Crippen molar-refractivity contribution in [3.63, 3.8) is 0 Å². The van der Waals surface area contributed by atoms with Crippen LogP contribution in [0.1, 0.15) is 37.2 Å². The number of nitrogens with one attached hydrogen (secondary N) is 1. The molecule has 0 aliphatic carbocycles. The summed E-state index contributed by atoms with van der Waals surface area (Å²) in [7, 11) is 0. The lowest BCUT2D eigenvalue weighted by molar-refractivity contribution is 0.0312. The molecule has 6 nitrogen and oxygen atoms in total. The molecule has 0 spiro atoms. The number of halogens is 1. The van der Waals surface area contributed by atoms with E-state index in [1.54, 1.807) is 0 Å². The van der Waals surface area contributed by atoms with Gasteiger partial charge in [-0.15, -0.1) is 0 Å². The first-order valence-corrected chi connectivity index (χ1v) is 7.43. The molecular formula is C16H20FN3O3. The number of rotatable bonds is 6. The van der Waals surface area contributed by atoms with E-state index in [0.717, 1.165) is 0 Å². The highest BCUT2D eigenvalue weighted by molar-refractivity contribution is 5.94. The minimum Gasteiger partial charge on any atom is -0.504 e. The summed E-state index contributed by atoms with van der Waals surface area (Å²) in [6.45, 7) is 3.73. The zero-order valence-corrected chi connectivity index (χ0v) is 13.1. The molecule has 0 saturated carbocycles. The van der Waals surface area contributed by atoms with Gasteiger partial charge in [-0.25, -0.2) is 9.07 Å². The van der Waals surface area contributed by atoms with Crippen molar-refractivity contribution >= 4 is 5.91 Å². The Balaban J connectivity index is 2.14. The number of amides is 1. The Bertz CT molecular complexity index is 678. The Kier molecular flexibility index (Phi) is 5.00. The monoisotopic (exact) mass is 321 g/mol. The van der Waals surface area contributed by atoms with Gasteiger partial charge in [0.05, 0.1) is 17.5 Å². The minimum absolute atomic E-state index is 0.0711. The highest BCUT2D eigenvalue weighted by Gasteiger charge is 2.25. The molecule has 0 atom stereocenters. The number of benzene rings is 1. The van der Waals surface area contributed by atoms with Crippen LogP contribution in [0.3, 0.4) is 0 Å². The van der Waals surface area contributed by atoms with E-state index < -0.39 is 11.5 Å². The molecule has 0 fully saturated rings. The van der Waals surface area contributed by atoms with E-state index in [2.05, 4.69) is 10.4 Å². The predicted molar refractivity (Wildman–Crippen MR) is 83.1 cm³/mol. The molecule has 0 saturated heterocycles. The van der Waals surface area contributed by atoms with Gasteiger partial charge in [-0.1, -0.05) is 13.8 Å². The zero-order valence-electron chi connectivity index (χ0n) is 13.1. The van der Waals surface area contributed by atoms with Crippen LogP contribution < -0.4 is 5.32 Å². The van der Waals surface area contributed by atoms with Crippen molar-refractivity contribution in [1.29, 1.82) is 0 Å². The number of carbonyl (C=O) groups excluding carboxylic acids is 1. The highest BCUT2D eigenvalue weighted by Crippen LogP contribution is 2.19. The van der Waals surface area contributed by atoms with E-state index in [1.165, 1.54) is 35.1 Å². The van der Waals surface area contributed by atoms with Crippen LogP contribution in [0.15, 0.2) is 30.5 Å². The molecular weight excluding hydrogens is 301 g/mol. The molecule has 0 aliphatic rings. The van der Waals surface area contributed by atoms with Gasteiger partial charge in [0.2, 0.25) is 0 Å². The van der Waals surface area contributed by atoms with Crippen LogP contribution in [0, 0.1) is 5.82 Å². The van der Waals surface area contributed by atoms with Gasteiger partial charge in [0.1, 0.15) is 5.82 Å². The van der Waals surface area contributed by atoms with Crippen LogP contribution in [0.5, 0.6) is 5.75 Å². The van der Waals surface area contributed by atoms with Crippen molar-refractivity contribution in [1.82, 2.24) is 15.1 Å². The molecule has 3 N–H and O–H groups in total. The molecule has 7 heteroatoms. The molecule has 0 unspecified atom stereocenters. The Labute approximate surface area is 133 Å². The lowest BCUT2D eigenvalue weighted by Crippen LogP contribution is -2.42. The second-order valence-corrected chi connectivity index (χ2v) is 5.40. The summed E-state index contributed by atoms with van der Waals surface area (Å²) in [4.78, 5) is 12.1. The number of carbonyl (C=O) groups is 1. The third-order valence-corrected chi connectivity index (χ3v) is 3.90. The van der Waals surface area contributed by atoms with E-state index in [0.29, 0.717) is 18.5 Å². The van der Waals surface area contributed by atoms with E-state index in [1.807, 2.05) is 13.8 Å². The lowest BCUT2D eigenvalue weighted by atomic mass is 9.97. The third-order valence-electron chi connectivity index (χ3n) is 3.90. The Morgan fingerprint density at radius 1 is 1.30 bits per heavy atom. The summed E-state index contributed by atoms with van der Waals surface area (Å²) in [6.07, 6.45) is 2.27. The van der Waals surface area contributed by atoms with Crippen molar-refractivity contribution in [3.8, 4) is 11.4 Å². The molecule has 1 aromatic carbocycles. The molecule has 0 aliphatic heterocycles. The maximum atomic E-state index is 12.9. The first-order valence-electron chi connectivity index (χ1n) is 7.43. The van der Waals surface area contributed by atoms with E-state index in [9.17, 15) is 19.4 Å². The Morgan fingerprint density at radius 2 is 1.91 bits per heavy atom. The number of hydrogen-bond donors (Lipinski definition) is 3. The van der Waals surface area contributed by atoms with E-state index >= 15 is 0 Å². The summed E-state index contributed by atoms with van der Waals surface area (Å²) in [5, 5.41) is 26.6. The predicted octanol–water partition coefficient (Wildman–Crippen LogP) is 2.00. The first kappa shape index (κ1) is 17.0. The van der Waals surface area contributed by atoms with Gasteiger partial charge in [-0.2, -0.15) is 5.10 Å². The number of hydrogen-bond acceptors (Lipinski definition) is 4. The van der Waals surface area contributed by atoms with Crippen molar-refractivity contribution in [2.24, 2.45) is 0 Å². The van der Waals surface area contributed by atoms with Gasteiger partial charge >= 0.3 is 0 Å². The number of nitrogens with zero attached hydrogens (tertiary/aromatic N) is 2. The third kappa shape index (κ3) is 3.87. The van der Waals surface area contributed by atoms with Gasteiger partial charge in [-0.3, -0.25) is 4.79 Å². The molecule has 1 aromatic heterocycles. The summed E-state index contributed by atoms with van der Waals surface area (Å²) in [5.41, 5.74) is -0.617. The fourth-order valence-electron chi connectivity index (χ4n) is 2.08. The number of aromatic nitrogens is 2. The second-order valence-electron chi connectivity index (χ2n) is 5.40. The molecule has 0 bridgehead atoms. The number of aromatic hydroxyl groups is 1. The zero-order chi connectivity index (χ0) is 17.0. The fraction of sp³-hybridized carbons (Fsp3) is 0.375. The van der Waals surface area contributed by atoms with Crippen molar-refractivity contribution in [2.75, 3.05) is 6.54 Å². The SMILES string of the molecule is CCC(O)(CC)CNC(=O)c1nn(-c2ccc(F)cc2)cc1O. The molecule has 23 heavy (non-hydrogen) atoms. The highest BCUT2D eigenvalue weighted by atomic mass is 19.1. The molecule has 1 heterocycles. The summed E-state index contributed by atoms with van der Waals surface area (Å²) in [6, 6.07) is 5.49. The summed E-state index contributed by atoms with van der Waals surface area (Å²) < 4.78 is 14.2. The van der Waals surface area contributed by atoms with E-state index in [4.69, 9.17) is 0 Å². The van der Waals surface area contributed by atoms with Gasteiger partial charge in [0.15, 0.2) is 11.4 Å². The molecule has 0 radical (unpaired) electrons. The molecule has 2 rings (SSSR count). The van der Waals surface area contributed by atoms with Crippen LogP contribution in [-0.4, -0.2) is 38.0 Å². The standard InChI is InChI=1S/C16H20FN3O3/c1-3-16(23,4-2)10-18-15(22)14-13(21)9-20(19-14)12-7-5-11(17)6-8-12/h5-9,21,23H,3-4,10H2,1-2H3,(H,18,22). The molecule has 2 aromatic rings. The van der Waals surface area contributed by atoms with Gasteiger partial charge in [0, 0.05) is 6.54 Å². The summed E-state index contributed by atoms with van der Waals surface area (Å²) in [5.74, 6) is -1.26. The molecule has 124 valence electrons. The van der Waals surface area contributed by atoms with Gasteiger partial charge < -0.3 is 15.5 Å². The average molecular weight is 321 g/mol. The van der Waals surface area contributed by atoms with Crippen LogP contribution in [-0.2, 0) is 0 Å². The van der Waals surface area contributed by atoms with Gasteiger partial charge in [0.25, 0.3) is 5.91 Å². The quantitative estimate of drug-likeness (QED) is 0.759. The Morgan fingerprint density at radius 3 is 2.48 bits per heavy atom. The normalized spacial score (nSPS) is 11.5.